The maximum atomic E-state index is 12.5. The molecule has 1 saturated heterocycles. The van der Waals surface area contributed by atoms with Crippen molar-refractivity contribution in [3.8, 4) is 11.5 Å². The molecule has 1 atom stereocenters. The van der Waals surface area contributed by atoms with Gasteiger partial charge in [-0.2, -0.15) is 0 Å². The lowest BCUT2D eigenvalue weighted by molar-refractivity contribution is -0.124. The zero-order valence-electron chi connectivity index (χ0n) is 18.8. The van der Waals surface area contributed by atoms with Crippen LogP contribution in [0.1, 0.15) is 39.2 Å². The lowest BCUT2D eigenvalue weighted by Gasteiger charge is -2.30. The second-order valence-electron chi connectivity index (χ2n) is 9.13. The molecular weight excluding hydrogens is 408 g/mol. The molecule has 32 heavy (non-hydrogen) atoms. The number of nitrogens with one attached hydrogen (secondary N) is 1. The Labute approximate surface area is 188 Å². The summed E-state index contributed by atoms with van der Waals surface area (Å²) in [5, 5.41) is 2.88. The Morgan fingerprint density at radius 3 is 2.66 bits per heavy atom. The van der Waals surface area contributed by atoms with Crippen LogP contribution >= 0.6 is 0 Å². The van der Waals surface area contributed by atoms with Crippen LogP contribution in [-0.2, 0) is 19.7 Å². The number of benzene rings is 2. The molecule has 2 aliphatic rings. The lowest BCUT2D eigenvalue weighted by atomic mass is 9.87. The molecule has 2 aliphatic heterocycles. The summed E-state index contributed by atoms with van der Waals surface area (Å²) < 4.78 is 16.9. The first-order valence-corrected chi connectivity index (χ1v) is 11.0. The summed E-state index contributed by atoms with van der Waals surface area (Å²) in [6, 6.07) is 13.3. The summed E-state index contributed by atoms with van der Waals surface area (Å²) in [5.41, 5.74) is 2.54. The van der Waals surface area contributed by atoms with Gasteiger partial charge in [-0.25, -0.2) is 0 Å². The minimum atomic E-state index is -0.418. The van der Waals surface area contributed by atoms with Gasteiger partial charge >= 0.3 is 0 Å². The van der Waals surface area contributed by atoms with Crippen LogP contribution in [0.5, 0.6) is 11.5 Å². The minimum absolute atomic E-state index is 0.0189. The van der Waals surface area contributed by atoms with Crippen molar-refractivity contribution < 1.29 is 23.8 Å². The van der Waals surface area contributed by atoms with Crippen molar-refractivity contribution >= 4 is 23.2 Å². The van der Waals surface area contributed by atoms with Crippen LogP contribution < -0.4 is 19.7 Å². The molecule has 0 aliphatic carbocycles. The fourth-order valence-electron chi connectivity index (χ4n) is 3.84. The number of carbonyl (C=O) groups is 2. The fraction of sp³-hybridized carbons (Fsp3) is 0.440. The van der Waals surface area contributed by atoms with Gasteiger partial charge in [-0.1, -0.05) is 32.9 Å². The first-order chi connectivity index (χ1) is 15.3. The third kappa shape index (κ3) is 5.05. The third-order valence-corrected chi connectivity index (χ3v) is 5.70. The summed E-state index contributed by atoms with van der Waals surface area (Å²) >= 11 is 0. The van der Waals surface area contributed by atoms with Crippen LogP contribution in [0.25, 0.3) is 0 Å². The molecule has 0 spiro atoms. The average molecular weight is 439 g/mol. The van der Waals surface area contributed by atoms with Crippen molar-refractivity contribution in [2.24, 2.45) is 0 Å². The molecule has 0 saturated carbocycles. The molecule has 1 fully saturated rings. The molecule has 1 N–H and O–H groups in total. The molecule has 0 radical (unpaired) electrons. The summed E-state index contributed by atoms with van der Waals surface area (Å²) in [6.07, 6.45) is 1.19. The van der Waals surface area contributed by atoms with E-state index in [2.05, 4.69) is 38.2 Å². The van der Waals surface area contributed by atoms with Gasteiger partial charge in [0.25, 0.3) is 11.8 Å². The van der Waals surface area contributed by atoms with Gasteiger partial charge in [-0.05, 0) is 54.2 Å². The largest absolute Gasteiger partial charge is 0.492 e. The highest BCUT2D eigenvalue weighted by Crippen LogP contribution is 2.35. The second kappa shape index (κ2) is 9.20. The van der Waals surface area contributed by atoms with Crippen molar-refractivity contribution in [1.29, 1.82) is 0 Å². The molecule has 170 valence electrons. The monoisotopic (exact) mass is 438 g/mol. The summed E-state index contributed by atoms with van der Waals surface area (Å²) in [7, 11) is 0. The Morgan fingerprint density at radius 1 is 1.19 bits per heavy atom. The zero-order chi connectivity index (χ0) is 22.7. The number of ether oxygens (including phenoxy) is 3. The number of fused-ring (bicyclic) bond motifs is 1. The fourth-order valence-corrected chi connectivity index (χ4v) is 3.84. The van der Waals surface area contributed by atoms with Gasteiger partial charge in [0, 0.05) is 12.3 Å². The molecule has 0 aromatic heterocycles. The number of anilines is 2. The number of nitrogens with zero attached hydrogens (tertiary/aromatic N) is 1. The third-order valence-electron chi connectivity index (χ3n) is 5.70. The molecule has 1 unspecified atom stereocenters. The lowest BCUT2D eigenvalue weighted by Crippen LogP contribution is -2.41. The molecule has 2 heterocycles. The number of rotatable bonds is 6. The Kier molecular flexibility index (Phi) is 6.37. The highest BCUT2D eigenvalue weighted by molar-refractivity contribution is 6.00. The SMILES string of the molecule is CC(C)(C)c1ccc(OCCN2C(=O)COc3ccc(NC(=O)C4CCCO4)cc32)cc1. The predicted octanol–water partition coefficient (Wildman–Crippen LogP) is 3.91. The van der Waals surface area contributed by atoms with Gasteiger partial charge in [0.15, 0.2) is 6.61 Å². The van der Waals surface area contributed by atoms with E-state index in [1.807, 2.05) is 12.1 Å². The summed E-state index contributed by atoms with van der Waals surface area (Å²) in [4.78, 5) is 26.6. The Morgan fingerprint density at radius 2 is 1.97 bits per heavy atom. The topological polar surface area (TPSA) is 77.1 Å². The van der Waals surface area contributed by atoms with E-state index in [4.69, 9.17) is 14.2 Å². The van der Waals surface area contributed by atoms with E-state index in [1.165, 1.54) is 5.56 Å². The van der Waals surface area contributed by atoms with Gasteiger partial charge in [0.05, 0.1) is 12.2 Å². The quantitative estimate of drug-likeness (QED) is 0.740. The molecule has 2 aromatic rings. The van der Waals surface area contributed by atoms with Crippen molar-refractivity contribution in [1.82, 2.24) is 0 Å². The van der Waals surface area contributed by atoms with Crippen LogP contribution in [0.3, 0.4) is 0 Å². The van der Waals surface area contributed by atoms with Crippen molar-refractivity contribution in [3.05, 3.63) is 48.0 Å². The summed E-state index contributed by atoms with van der Waals surface area (Å²) in [6.45, 7) is 7.81. The van der Waals surface area contributed by atoms with Crippen molar-refractivity contribution in [2.75, 3.05) is 36.6 Å². The first-order valence-electron chi connectivity index (χ1n) is 11.0. The second-order valence-corrected chi connectivity index (χ2v) is 9.13. The maximum absolute atomic E-state index is 12.5. The molecular formula is C25H30N2O5. The number of carbonyl (C=O) groups excluding carboxylic acids is 2. The van der Waals surface area contributed by atoms with Crippen molar-refractivity contribution in [2.45, 2.75) is 45.1 Å². The number of hydrogen-bond acceptors (Lipinski definition) is 5. The standard InChI is InChI=1S/C25H30N2O5/c1-25(2,3)17-6-9-19(10-7-17)30-14-12-27-20-15-18(8-11-21(20)32-16-23(27)28)26-24(29)22-5-4-13-31-22/h6-11,15,22H,4-5,12-14,16H2,1-3H3,(H,26,29). The summed E-state index contributed by atoms with van der Waals surface area (Å²) in [5.74, 6) is 1.05. The average Bonchev–Trinajstić information content (AvgIpc) is 3.30. The highest BCUT2D eigenvalue weighted by atomic mass is 16.5. The Hall–Kier alpha value is -3.06. The van der Waals surface area contributed by atoms with E-state index >= 15 is 0 Å². The van der Waals surface area contributed by atoms with Gasteiger partial charge in [-0.15, -0.1) is 0 Å². The van der Waals surface area contributed by atoms with Crippen molar-refractivity contribution in [3.63, 3.8) is 0 Å². The maximum Gasteiger partial charge on any atom is 0.265 e. The van der Waals surface area contributed by atoms with Crippen LogP contribution in [0.15, 0.2) is 42.5 Å². The Balaban J connectivity index is 1.41. The molecule has 7 heteroatoms. The normalized spacial score (nSPS) is 18.2. The molecule has 7 nitrogen and oxygen atoms in total. The van der Waals surface area contributed by atoms with Gasteiger partial charge in [-0.3, -0.25) is 9.59 Å². The van der Waals surface area contributed by atoms with Gasteiger partial charge in [0.1, 0.15) is 24.2 Å². The number of hydrogen-bond donors (Lipinski definition) is 1. The van der Waals surface area contributed by atoms with Crippen LogP contribution in [0, 0.1) is 0 Å². The molecule has 2 amide bonds. The van der Waals surface area contributed by atoms with Crippen LogP contribution in [0.4, 0.5) is 11.4 Å². The van der Waals surface area contributed by atoms with Crippen LogP contribution in [0.2, 0.25) is 0 Å². The van der Waals surface area contributed by atoms with E-state index in [0.717, 1.165) is 18.6 Å². The predicted molar refractivity (Wildman–Crippen MR) is 123 cm³/mol. The van der Waals surface area contributed by atoms with E-state index in [9.17, 15) is 9.59 Å². The van der Waals surface area contributed by atoms with Gasteiger partial charge < -0.3 is 24.4 Å². The van der Waals surface area contributed by atoms with E-state index in [0.29, 0.717) is 36.9 Å². The molecule has 4 rings (SSSR count). The van der Waals surface area contributed by atoms with E-state index < -0.39 is 6.10 Å². The first kappa shape index (κ1) is 22.1. The van der Waals surface area contributed by atoms with Crippen LogP contribution in [-0.4, -0.2) is 44.3 Å². The van der Waals surface area contributed by atoms with Gasteiger partial charge in [0.2, 0.25) is 0 Å². The number of amides is 2. The smallest absolute Gasteiger partial charge is 0.265 e. The molecule has 2 aromatic carbocycles. The van der Waals surface area contributed by atoms with E-state index in [-0.39, 0.29) is 23.8 Å². The minimum Gasteiger partial charge on any atom is -0.492 e. The van der Waals surface area contributed by atoms with E-state index in [1.54, 1.807) is 23.1 Å². The zero-order valence-corrected chi connectivity index (χ0v) is 18.8. The molecule has 0 bridgehead atoms. The highest BCUT2D eigenvalue weighted by Gasteiger charge is 2.27. The Bertz CT molecular complexity index is 975.